The normalized spacial score (nSPS) is 10.7. The second kappa shape index (κ2) is 5.30. The molecule has 0 aromatic heterocycles. The molecule has 0 saturated carbocycles. The van der Waals surface area contributed by atoms with Crippen LogP contribution in [-0.4, -0.2) is 6.34 Å². The molecule has 0 spiro atoms. The number of aryl methyl sites for hydroxylation is 2. The Balaban J connectivity index is 2.06. The molecule has 2 rings (SSSR count). The van der Waals surface area contributed by atoms with Crippen LogP contribution >= 0.6 is 0 Å². The number of aliphatic imine (C=N–C) groups is 1. The molecule has 0 unspecified atom stereocenters. The molecule has 0 aliphatic carbocycles. The maximum atomic E-state index is 4.39. The molecule has 2 aromatic rings. The van der Waals surface area contributed by atoms with Crippen LogP contribution in [0.1, 0.15) is 11.1 Å². The molecular formula is C15H16N2. The van der Waals surface area contributed by atoms with Crippen molar-refractivity contribution in [1.29, 1.82) is 0 Å². The third-order valence-electron chi connectivity index (χ3n) is 2.57. The fourth-order valence-electron chi connectivity index (χ4n) is 1.62. The topological polar surface area (TPSA) is 24.4 Å². The minimum Gasteiger partial charge on any atom is -0.346 e. The van der Waals surface area contributed by atoms with Crippen molar-refractivity contribution in [3.05, 3.63) is 59.7 Å². The molecule has 0 heterocycles. The Hall–Kier alpha value is -2.09. The molecule has 0 radical (unpaired) electrons. The SMILES string of the molecule is Cc1cccc(NC=Nc2ccccc2C)c1. The summed E-state index contributed by atoms with van der Waals surface area (Å²) in [6, 6.07) is 16.3. The van der Waals surface area contributed by atoms with Crippen LogP contribution in [0.5, 0.6) is 0 Å². The van der Waals surface area contributed by atoms with Crippen LogP contribution in [0, 0.1) is 13.8 Å². The van der Waals surface area contributed by atoms with E-state index in [1.54, 1.807) is 6.34 Å². The number of nitrogens with zero attached hydrogens (tertiary/aromatic N) is 1. The van der Waals surface area contributed by atoms with Gasteiger partial charge in [0.25, 0.3) is 0 Å². The number of hydrogen-bond acceptors (Lipinski definition) is 1. The van der Waals surface area contributed by atoms with Crippen molar-refractivity contribution < 1.29 is 0 Å². The van der Waals surface area contributed by atoms with E-state index < -0.39 is 0 Å². The molecule has 2 nitrogen and oxygen atoms in total. The highest BCUT2D eigenvalue weighted by Gasteiger charge is 1.92. The first-order chi connectivity index (χ1) is 8.25. The second-order valence-electron chi connectivity index (χ2n) is 4.06. The van der Waals surface area contributed by atoms with Crippen LogP contribution in [0.15, 0.2) is 53.5 Å². The number of rotatable bonds is 3. The first-order valence-corrected chi connectivity index (χ1v) is 5.67. The zero-order valence-corrected chi connectivity index (χ0v) is 10.1. The van der Waals surface area contributed by atoms with Gasteiger partial charge in [-0.25, -0.2) is 4.99 Å². The minimum atomic E-state index is 0.993. The first-order valence-electron chi connectivity index (χ1n) is 5.67. The summed E-state index contributed by atoms with van der Waals surface area (Å²) in [5, 5.41) is 3.17. The highest BCUT2D eigenvalue weighted by Crippen LogP contribution is 2.16. The third-order valence-corrected chi connectivity index (χ3v) is 2.57. The van der Waals surface area contributed by atoms with Gasteiger partial charge in [-0.15, -0.1) is 0 Å². The Morgan fingerprint density at radius 2 is 1.82 bits per heavy atom. The van der Waals surface area contributed by atoms with Gasteiger partial charge >= 0.3 is 0 Å². The quantitative estimate of drug-likeness (QED) is 0.616. The highest BCUT2D eigenvalue weighted by atomic mass is 14.9. The van der Waals surface area contributed by atoms with E-state index in [2.05, 4.69) is 42.4 Å². The van der Waals surface area contributed by atoms with Crippen LogP contribution in [0.3, 0.4) is 0 Å². The monoisotopic (exact) mass is 224 g/mol. The van der Waals surface area contributed by atoms with E-state index in [0.29, 0.717) is 0 Å². The summed E-state index contributed by atoms with van der Waals surface area (Å²) in [7, 11) is 0. The Labute approximate surface area is 102 Å². The molecule has 0 amide bonds. The summed E-state index contributed by atoms with van der Waals surface area (Å²) in [6.45, 7) is 4.13. The van der Waals surface area contributed by atoms with Gasteiger partial charge in [-0.2, -0.15) is 0 Å². The van der Waals surface area contributed by atoms with Gasteiger partial charge < -0.3 is 5.32 Å². The zero-order chi connectivity index (χ0) is 12.1. The standard InChI is InChI=1S/C15H16N2/c1-12-6-5-8-14(10-12)16-11-17-15-9-4-3-7-13(15)2/h3-11H,1-2H3,(H,16,17). The Morgan fingerprint density at radius 1 is 1.00 bits per heavy atom. The molecule has 0 atom stereocenters. The van der Waals surface area contributed by atoms with Crippen LogP contribution in [0.4, 0.5) is 11.4 Å². The molecule has 17 heavy (non-hydrogen) atoms. The zero-order valence-electron chi connectivity index (χ0n) is 10.1. The number of nitrogens with one attached hydrogen (secondary N) is 1. The Morgan fingerprint density at radius 3 is 2.59 bits per heavy atom. The molecular weight excluding hydrogens is 208 g/mol. The van der Waals surface area contributed by atoms with E-state index in [1.807, 2.05) is 30.3 Å². The molecule has 0 bridgehead atoms. The lowest BCUT2D eigenvalue weighted by Crippen LogP contribution is -1.94. The van der Waals surface area contributed by atoms with Gasteiger partial charge in [-0.3, -0.25) is 0 Å². The average molecular weight is 224 g/mol. The highest BCUT2D eigenvalue weighted by molar-refractivity contribution is 5.78. The number of para-hydroxylation sites is 1. The van der Waals surface area contributed by atoms with Gasteiger partial charge in [0.15, 0.2) is 0 Å². The van der Waals surface area contributed by atoms with Crippen molar-refractivity contribution in [2.45, 2.75) is 13.8 Å². The van der Waals surface area contributed by atoms with Gasteiger partial charge in [0.05, 0.1) is 12.0 Å². The molecule has 86 valence electrons. The molecule has 2 aromatic carbocycles. The van der Waals surface area contributed by atoms with Crippen molar-refractivity contribution in [3.63, 3.8) is 0 Å². The van der Waals surface area contributed by atoms with E-state index in [9.17, 15) is 0 Å². The molecule has 0 aliphatic heterocycles. The van der Waals surface area contributed by atoms with Gasteiger partial charge in [-0.05, 0) is 43.2 Å². The summed E-state index contributed by atoms with van der Waals surface area (Å²) in [6.07, 6.45) is 1.73. The van der Waals surface area contributed by atoms with Crippen molar-refractivity contribution in [3.8, 4) is 0 Å². The van der Waals surface area contributed by atoms with E-state index in [-0.39, 0.29) is 0 Å². The van der Waals surface area contributed by atoms with Crippen LogP contribution in [0.2, 0.25) is 0 Å². The van der Waals surface area contributed by atoms with Crippen LogP contribution < -0.4 is 5.32 Å². The van der Waals surface area contributed by atoms with Gasteiger partial charge in [0, 0.05) is 5.69 Å². The predicted molar refractivity (Wildman–Crippen MR) is 74.1 cm³/mol. The molecule has 0 aliphatic rings. The van der Waals surface area contributed by atoms with Gasteiger partial charge in [-0.1, -0.05) is 30.3 Å². The average Bonchev–Trinajstić information content (AvgIpc) is 2.32. The summed E-state index contributed by atoms with van der Waals surface area (Å²) >= 11 is 0. The maximum absolute atomic E-state index is 4.39. The Kier molecular flexibility index (Phi) is 3.55. The lowest BCUT2D eigenvalue weighted by Gasteiger charge is -2.02. The summed E-state index contributed by atoms with van der Waals surface area (Å²) < 4.78 is 0. The van der Waals surface area contributed by atoms with E-state index in [4.69, 9.17) is 0 Å². The van der Waals surface area contributed by atoms with E-state index in [1.165, 1.54) is 11.1 Å². The maximum Gasteiger partial charge on any atom is 0.0930 e. The molecule has 1 N–H and O–H groups in total. The van der Waals surface area contributed by atoms with Crippen molar-refractivity contribution >= 4 is 17.7 Å². The summed E-state index contributed by atoms with van der Waals surface area (Å²) in [5.41, 5.74) is 4.46. The number of anilines is 1. The van der Waals surface area contributed by atoms with Crippen molar-refractivity contribution in [2.75, 3.05) is 5.32 Å². The molecule has 0 fully saturated rings. The molecule has 2 heteroatoms. The summed E-state index contributed by atoms with van der Waals surface area (Å²) in [5.74, 6) is 0. The third kappa shape index (κ3) is 3.18. The minimum absolute atomic E-state index is 0.993. The second-order valence-corrected chi connectivity index (χ2v) is 4.06. The van der Waals surface area contributed by atoms with E-state index in [0.717, 1.165) is 11.4 Å². The molecule has 0 saturated heterocycles. The number of benzene rings is 2. The fourth-order valence-corrected chi connectivity index (χ4v) is 1.62. The summed E-state index contributed by atoms with van der Waals surface area (Å²) in [4.78, 5) is 4.39. The first kappa shape index (κ1) is 11.4. The Bertz CT molecular complexity index is 530. The van der Waals surface area contributed by atoms with Gasteiger partial charge in [0.2, 0.25) is 0 Å². The van der Waals surface area contributed by atoms with Crippen LogP contribution in [-0.2, 0) is 0 Å². The van der Waals surface area contributed by atoms with Crippen molar-refractivity contribution in [2.24, 2.45) is 4.99 Å². The van der Waals surface area contributed by atoms with Crippen molar-refractivity contribution in [1.82, 2.24) is 0 Å². The lowest BCUT2D eigenvalue weighted by molar-refractivity contribution is 1.40. The van der Waals surface area contributed by atoms with Gasteiger partial charge in [0.1, 0.15) is 0 Å². The predicted octanol–water partition coefficient (Wildman–Crippen LogP) is 4.08. The number of hydrogen-bond donors (Lipinski definition) is 1. The van der Waals surface area contributed by atoms with E-state index >= 15 is 0 Å². The fraction of sp³-hybridized carbons (Fsp3) is 0.133. The lowest BCUT2D eigenvalue weighted by atomic mass is 10.2. The largest absolute Gasteiger partial charge is 0.346 e. The smallest absolute Gasteiger partial charge is 0.0930 e. The van der Waals surface area contributed by atoms with Crippen LogP contribution in [0.25, 0.3) is 0 Å².